The van der Waals surface area contributed by atoms with Crippen LogP contribution in [0.15, 0.2) is 61.4 Å². The molecule has 0 atom stereocenters. The quantitative estimate of drug-likeness (QED) is 0.630. The van der Waals surface area contributed by atoms with Gasteiger partial charge in [0.15, 0.2) is 12.4 Å². The largest absolute Gasteiger partial charge is 0.348 e. The van der Waals surface area contributed by atoms with Crippen LogP contribution in [0.5, 0.6) is 0 Å². The first-order chi connectivity index (χ1) is 11.1. The molecular formula is C17H17ClN3O2+. The van der Waals surface area contributed by atoms with Gasteiger partial charge in [-0.05, 0) is 30.3 Å². The van der Waals surface area contributed by atoms with Crippen LogP contribution in [-0.2, 0) is 11.3 Å². The summed E-state index contributed by atoms with van der Waals surface area (Å²) in [6.45, 7) is 4.04. The van der Waals surface area contributed by atoms with Crippen LogP contribution >= 0.6 is 11.6 Å². The van der Waals surface area contributed by atoms with Crippen molar-refractivity contribution in [2.75, 3.05) is 11.9 Å². The Labute approximate surface area is 139 Å². The first-order valence-electron chi connectivity index (χ1n) is 7.02. The topological polar surface area (TPSA) is 62.1 Å². The summed E-state index contributed by atoms with van der Waals surface area (Å²) < 4.78 is 1.65. The van der Waals surface area contributed by atoms with Crippen molar-refractivity contribution in [2.45, 2.75) is 6.54 Å². The van der Waals surface area contributed by atoms with E-state index in [0.717, 1.165) is 0 Å². The molecule has 1 aromatic carbocycles. The van der Waals surface area contributed by atoms with Crippen LogP contribution in [0, 0.1) is 0 Å². The molecule has 5 nitrogen and oxygen atoms in total. The van der Waals surface area contributed by atoms with Crippen LogP contribution in [0.1, 0.15) is 10.4 Å². The van der Waals surface area contributed by atoms with E-state index in [1.54, 1.807) is 59.4 Å². The lowest BCUT2D eigenvalue weighted by molar-refractivity contribution is -0.684. The summed E-state index contributed by atoms with van der Waals surface area (Å²) in [6, 6.07) is 10.3. The maximum absolute atomic E-state index is 12.0. The van der Waals surface area contributed by atoms with Crippen LogP contribution in [-0.4, -0.2) is 18.4 Å². The zero-order valence-electron chi connectivity index (χ0n) is 12.5. The monoisotopic (exact) mass is 330 g/mol. The number of hydrogen-bond acceptors (Lipinski definition) is 2. The molecule has 0 spiro atoms. The van der Waals surface area contributed by atoms with Gasteiger partial charge in [0.1, 0.15) is 5.56 Å². The van der Waals surface area contributed by atoms with E-state index in [0.29, 0.717) is 22.8 Å². The predicted molar refractivity (Wildman–Crippen MR) is 89.2 cm³/mol. The van der Waals surface area contributed by atoms with Crippen molar-refractivity contribution < 1.29 is 14.2 Å². The second-order valence-electron chi connectivity index (χ2n) is 4.82. The SMILES string of the molecule is C=CCNC(=O)c1ccc[n+](CC(=O)Nc2ccc(Cl)cc2)c1. The Bertz CT molecular complexity index is 714. The Hall–Kier alpha value is -2.66. The van der Waals surface area contributed by atoms with E-state index in [2.05, 4.69) is 17.2 Å². The van der Waals surface area contributed by atoms with E-state index in [9.17, 15) is 9.59 Å². The van der Waals surface area contributed by atoms with Gasteiger partial charge in [-0.1, -0.05) is 17.7 Å². The molecule has 0 bridgehead atoms. The first kappa shape index (κ1) is 16.7. The molecule has 0 aliphatic heterocycles. The predicted octanol–water partition coefficient (Wildman–Crippen LogP) is 2.18. The highest BCUT2D eigenvalue weighted by Gasteiger charge is 2.13. The number of pyridine rings is 1. The van der Waals surface area contributed by atoms with Gasteiger partial charge in [-0.25, -0.2) is 0 Å². The van der Waals surface area contributed by atoms with E-state index < -0.39 is 0 Å². The summed E-state index contributed by atoms with van der Waals surface area (Å²) in [5, 5.41) is 6.07. The lowest BCUT2D eigenvalue weighted by Gasteiger charge is -2.04. The van der Waals surface area contributed by atoms with Gasteiger partial charge in [0.2, 0.25) is 6.54 Å². The number of nitrogens with one attached hydrogen (secondary N) is 2. The molecule has 2 N–H and O–H groups in total. The Morgan fingerprint density at radius 2 is 1.96 bits per heavy atom. The standard InChI is InChI=1S/C17H16ClN3O2/c1-2-9-19-17(23)13-4-3-10-21(11-13)12-16(22)20-15-7-5-14(18)6-8-15/h2-8,10-11H,1,9,12H2,(H-,19,20,22,23)/p+1. The van der Waals surface area contributed by atoms with Crippen LogP contribution in [0.2, 0.25) is 5.02 Å². The van der Waals surface area contributed by atoms with Gasteiger partial charge in [-0.15, -0.1) is 6.58 Å². The third-order valence-corrected chi connectivity index (χ3v) is 3.23. The number of benzene rings is 1. The van der Waals surface area contributed by atoms with Gasteiger partial charge >= 0.3 is 0 Å². The number of amides is 2. The highest BCUT2D eigenvalue weighted by atomic mass is 35.5. The molecule has 0 saturated carbocycles. The summed E-state index contributed by atoms with van der Waals surface area (Å²) in [7, 11) is 0. The number of rotatable bonds is 6. The van der Waals surface area contributed by atoms with Gasteiger partial charge < -0.3 is 10.6 Å². The van der Waals surface area contributed by atoms with E-state index in [1.165, 1.54) is 0 Å². The fourth-order valence-electron chi connectivity index (χ4n) is 1.92. The number of carbonyl (C=O) groups is 2. The van der Waals surface area contributed by atoms with E-state index >= 15 is 0 Å². The smallest absolute Gasteiger partial charge is 0.290 e. The van der Waals surface area contributed by atoms with Gasteiger partial charge in [-0.2, -0.15) is 4.57 Å². The molecule has 1 heterocycles. The Morgan fingerprint density at radius 1 is 1.22 bits per heavy atom. The normalized spacial score (nSPS) is 9.96. The zero-order chi connectivity index (χ0) is 16.7. The Morgan fingerprint density at radius 3 is 2.65 bits per heavy atom. The highest BCUT2D eigenvalue weighted by Crippen LogP contribution is 2.13. The minimum Gasteiger partial charge on any atom is -0.348 e. The molecule has 2 rings (SSSR count). The Balaban J connectivity index is 1.99. The van der Waals surface area contributed by atoms with Gasteiger partial charge in [0.05, 0.1) is 0 Å². The number of hydrogen-bond donors (Lipinski definition) is 2. The molecule has 0 fully saturated rings. The third-order valence-electron chi connectivity index (χ3n) is 2.98. The summed E-state index contributed by atoms with van der Waals surface area (Å²) in [5.74, 6) is -0.404. The molecule has 0 aliphatic rings. The molecule has 0 radical (unpaired) electrons. The summed E-state index contributed by atoms with van der Waals surface area (Å²) in [6.07, 6.45) is 4.96. The Kier molecular flexibility index (Phi) is 5.88. The number of anilines is 1. The first-order valence-corrected chi connectivity index (χ1v) is 7.40. The molecule has 23 heavy (non-hydrogen) atoms. The third kappa shape index (κ3) is 5.23. The second-order valence-corrected chi connectivity index (χ2v) is 5.26. The summed E-state index contributed by atoms with van der Waals surface area (Å²) >= 11 is 5.80. The molecule has 0 aliphatic carbocycles. The fourth-order valence-corrected chi connectivity index (χ4v) is 2.05. The molecule has 2 aromatic rings. The molecule has 0 unspecified atom stereocenters. The maximum Gasteiger partial charge on any atom is 0.290 e. The number of nitrogens with zero attached hydrogens (tertiary/aromatic N) is 1. The van der Waals surface area contributed by atoms with Crippen LogP contribution in [0.3, 0.4) is 0 Å². The van der Waals surface area contributed by atoms with E-state index in [1.807, 2.05) is 0 Å². The fraction of sp³-hybridized carbons (Fsp3) is 0.118. The number of carbonyl (C=O) groups excluding carboxylic acids is 2. The van der Waals surface area contributed by atoms with Crippen LogP contribution in [0.25, 0.3) is 0 Å². The molecule has 2 amide bonds. The minimum absolute atomic E-state index is 0.102. The van der Waals surface area contributed by atoms with Gasteiger partial charge in [0, 0.05) is 23.3 Å². The van der Waals surface area contributed by atoms with Gasteiger partial charge in [0.25, 0.3) is 11.8 Å². The number of halogens is 1. The van der Waals surface area contributed by atoms with Crippen molar-refractivity contribution in [1.82, 2.24) is 5.32 Å². The van der Waals surface area contributed by atoms with Crippen molar-refractivity contribution in [1.29, 1.82) is 0 Å². The van der Waals surface area contributed by atoms with Gasteiger partial charge in [-0.3, -0.25) is 9.59 Å². The molecule has 0 saturated heterocycles. The van der Waals surface area contributed by atoms with Crippen molar-refractivity contribution in [3.63, 3.8) is 0 Å². The lowest BCUT2D eigenvalue weighted by Crippen LogP contribution is -2.41. The zero-order valence-corrected chi connectivity index (χ0v) is 13.2. The van der Waals surface area contributed by atoms with Crippen molar-refractivity contribution in [2.24, 2.45) is 0 Å². The summed E-state index contributed by atoms with van der Waals surface area (Å²) in [5.41, 5.74) is 1.15. The van der Waals surface area contributed by atoms with Crippen LogP contribution < -0.4 is 15.2 Å². The van der Waals surface area contributed by atoms with Crippen molar-refractivity contribution in [3.05, 3.63) is 72.0 Å². The van der Waals surface area contributed by atoms with Crippen molar-refractivity contribution >= 4 is 29.1 Å². The average Bonchev–Trinajstić information content (AvgIpc) is 2.55. The molecular weight excluding hydrogens is 314 g/mol. The average molecular weight is 331 g/mol. The van der Waals surface area contributed by atoms with E-state index in [4.69, 9.17) is 11.6 Å². The maximum atomic E-state index is 12.0. The van der Waals surface area contributed by atoms with E-state index in [-0.39, 0.29) is 18.4 Å². The highest BCUT2D eigenvalue weighted by molar-refractivity contribution is 6.30. The molecule has 1 aromatic heterocycles. The van der Waals surface area contributed by atoms with Crippen molar-refractivity contribution in [3.8, 4) is 0 Å². The number of aromatic nitrogens is 1. The molecule has 6 heteroatoms. The second kappa shape index (κ2) is 8.10. The summed E-state index contributed by atoms with van der Waals surface area (Å²) in [4.78, 5) is 23.9. The lowest BCUT2D eigenvalue weighted by atomic mass is 10.2. The molecule has 118 valence electrons. The van der Waals surface area contributed by atoms with Crippen LogP contribution in [0.4, 0.5) is 5.69 Å². The minimum atomic E-state index is -0.211.